The van der Waals surface area contributed by atoms with Crippen LogP contribution in [0.15, 0.2) is 47.4 Å². The number of imide groups is 1. The lowest BCUT2D eigenvalue weighted by Crippen LogP contribution is -2.27. The molecule has 9 heteroatoms. The van der Waals surface area contributed by atoms with Gasteiger partial charge in [0.2, 0.25) is 0 Å². The van der Waals surface area contributed by atoms with Crippen LogP contribution in [0.25, 0.3) is 6.08 Å². The predicted octanol–water partition coefficient (Wildman–Crippen LogP) is 4.44. The van der Waals surface area contributed by atoms with E-state index in [4.69, 9.17) is 26.2 Å². The molecule has 0 saturated carbocycles. The summed E-state index contributed by atoms with van der Waals surface area (Å²) in [5.74, 6) is -0.847. The van der Waals surface area contributed by atoms with Crippen molar-refractivity contribution in [3.63, 3.8) is 0 Å². The zero-order chi connectivity index (χ0) is 21.7. The third kappa shape index (κ3) is 5.34. The Labute approximate surface area is 182 Å². The highest BCUT2D eigenvalue weighted by atomic mass is 35.5. The summed E-state index contributed by atoms with van der Waals surface area (Å²) in [7, 11) is 0. The molecule has 0 bridgehead atoms. The third-order valence-electron chi connectivity index (χ3n) is 4.04. The van der Waals surface area contributed by atoms with Gasteiger partial charge >= 0.3 is 5.97 Å². The van der Waals surface area contributed by atoms with Crippen LogP contribution in [0.1, 0.15) is 18.1 Å². The van der Waals surface area contributed by atoms with Crippen LogP contribution >= 0.6 is 23.4 Å². The number of hydrogen-bond donors (Lipinski definition) is 1. The second-order valence-corrected chi connectivity index (χ2v) is 7.65. The minimum absolute atomic E-state index is 0.158. The molecule has 2 aromatic carbocycles. The fourth-order valence-corrected chi connectivity index (χ4v) is 3.67. The summed E-state index contributed by atoms with van der Waals surface area (Å²) in [6.45, 7) is 1.80. The molecule has 1 fully saturated rings. The molecule has 0 radical (unpaired) electrons. The Morgan fingerprint density at radius 1 is 1.13 bits per heavy atom. The van der Waals surface area contributed by atoms with E-state index in [-0.39, 0.29) is 28.3 Å². The van der Waals surface area contributed by atoms with Crippen LogP contribution in [0, 0.1) is 0 Å². The SMILES string of the molecule is CCOc1cc(/C=C2\SC(=O)N(Cc3ccc(Cl)cc3)C2=O)ccc1OCC(=O)O. The van der Waals surface area contributed by atoms with Crippen molar-refractivity contribution in [2.75, 3.05) is 13.2 Å². The first-order valence-electron chi connectivity index (χ1n) is 8.98. The molecule has 1 heterocycles. The number of nitrogens with zero attached hydrogens (tertiary/aromatic N) is 1. The number of ether oxygens (including phenoxy) is 2. The molecule has 3 rings (SSSR count). The first-order valence-corrected chi connectivity index (χ1v) is 10.2. The van der Waals surface area contributed by atoms with E-state index < -0.39 is 12.6 Å². The molecule has 7 nitrogen and oxygen atoms in total. The van der Waals surface area contributed by atoms with Crippen LogP contribution in [0.5, 0.6) is 11.5 Å². The van der Waals surface area contributed by atoms with Gasteiger partial charge in [-0.3, -0.25) is 14.5 Å². The van der Waals surface area contributed by atoms with Crippen LogP contribution in [-0.2, 0) is 16.1 Å². The summed E-state index contributed by atoms with van der Waals surface area (Å²) in [6.07, 6.45) is 1.59. The lowest BCUT2D eigenvalue weighted by atomic mass is 10.1. The van der Waals surface area contributed by atoms with Crippen LogP contribution in [0.2, 0.25) is 5.02 Å². The average molecular weight is 448 g/mol. The summed E-state index contributed by atoms with van der Waals surface area (Å²) in [6, 6.07) is 11.8. The van der Waals surface area contributed by atoms with Crippen molar-refractivity contribution in [2.24, 2.45) is 0 Å². The summed E-state index contributed by atoms with van der Waals surface area (Å²) >= 11 is 6.73. The van der Waals surface area contributed by atoms with Crippen LogP contribution in [0.4, 0.5) is 4.79 Å². The van der Waals surface area contributed by atoms with Gasteiger partial charge in [0.25, 0.3) is 11.1 Å². The number of carbonyl (C=O) groups excluding carboxylic acids is 2. The second-order valence-electron chi connectivity index (χ2n) is 6.22. The molecule has 156 valence electrons. The number of benzene rings is 2. The molecule has 1 N–H and O–H groups in total. The Bertz CT molecular complexity index is 1010. The standard InChI is InChI=1S/C21H18ClNO6S/c1-2-28-17-9-14(5-8-16(17)29-12-19(24)25)10-18-20(26)23(21(27)30-18)11-13-3-6-15(22)7-4-13/h3-10H,2,11-12H2,1H3,(H,24,25)/b18-10-. The number of halogens is 1. The topological polar surface area (TPSA) is 93.1 Å². The Morgan fingerprint density at radius 3 is 2.53 bits per heavy atom. The van der Waals surface area contributed by atoms with Crippen LogP contribution in [-0.4, -0.2) is 40.3 Å². The van der Waals surface area contributed by atoms with Gasteiger partial charge in [-0.05, 0) is 60.2 Å². The van der Waals surface area contributed by atoms with Crippen molar-refractivity contribution < 1.29 is 29.0 Å². The van der Waals surface area contributed by atoms with Gasteiger partial charge < -0.3 is 14.6 Å². The maximum atomic E-state index is 12.7. The highest BCUT2D eigenvalue weighted by molar-refractivity contribution is 8.18. The molecule has 0 unspecified atom stereocenters. The van der Waals surface area contributed by atoms with E-state index in [0.29, 0.717) is 22.9 Å². The van der Waals surface area contributed by atoms with Gasteiger partial charge in [0.05, 0.1) is 18.1 Å². The second kappa shape index (κ2) is 9.69. The monoisotopic (exact) mass is 447 g/mol. The number of amides is 2. The third-order valence-corrected chi connectivity index (χ3v) is 5.20. The minimum Gasteiger partial charge on any atom is -0.490 e. The molecule has 1 aliphatic rings. The summed E-state index contributed by atoms with van der Waals surface area (Å²) in [5.41, 5.74) is 1.42. The molecular weight excluding hydrogens is 430 g/mol. The number of hydrogen-bond acceptors (Lipinski definition) is 6. The number of carboxylic acids is 1. The van der Waals surface area contributed by atoms with Crippen molar-refractivity contribution in [2.45, 2.75) is 13.5 Å². The molecular formula is C21H18ClNO6S. The van der Waals surface area contributed by atoms with Crippen molar-refractivity contribution in [1.29, 1.82) is 0 Å². The molecule has 1 saturated heterocycles. The fourth-order valence-electron chi connectivity index (χ4n) is 2.70. The Morgan fingerprint density at radius 2 is 1.87 bits per heavy atom. The summed E-state index contributed by atoms with van der Waals surface area (Å²) in [5, 5.41) is 9.00. The molecule has 0 aromatic heterocycles. The van der Waals surface area contributed by atoms with Gasteiger partial charge in [0.15, 0.2) is 18.1 Å². The molecule has 30 heavy (non-hydrogen) atoms. The van der Waals surface area contributed by atoms with E-state index >= 15 is 0 Å². The molecule has 2 amide bonds. The zero-order valence-electron chi connectivity index (χ0n) is 16.0. The predicted molar refractivity (Wildman–Crippen MR) is 114 cm³/mol. The maximum Gasteiger partial charge on any atom is 0.341 e. The summed E-state index contributed by atoms with van der Waals surface area (Å²) < 4.78 is 10.7. The largest absolute Gasteiger partial charge is 0.490 e. The molecule has 1 aliphatic heterocycles. The van der Waals surface area contributed by atoms with E-state index in [1.54, 1.807) is 55.5 Å². The Balaban J connectivity index is 1.79. The zero-order valence-corrected chi connectivity index (χ0v) is 17.5. The van der Waals surface area contributed by atoms with Gasteiger partial charge in [-0.25, -0.2) is 4.79 Å². The summed E-state index contributed by atoms with van der Waals surface area (Å²) in [4.78, 5) is 37.2. The number of aliphatic carboxylic acids is 1. The maximum absolute atomic E-state index is 12.7. The van der Waals surface area contributed by atoms with Gasteiger partial charge in [0, 0.05) is 5.02 Å². The highest BCUT2D eigenvalue weighted by Gasteiger charge is 2.35. The van der Waals surface area contributed by atoms with E-state index in [0.717, 1.165) is 17.3 Å². The first kappa shape index (κ1) is 21.7. The smallest absolute Gasteiger partial charge is 0.341 e. The van der Waals surface area contributed by atoms with E-state index in [1.807, 2.05) is 0 Å². The average Bonchev–Trinajstić information content (AvgIpc) is 2.96. The first-order chi connectivity index (χ1) is 14.4. The van der Waals surface area contributed by atoms with E-state index in [2.05, 4.69) is 0 Å². The van der Waals surface area contributed by atoms with Gasteiger partial charge in [-0.2, -0.15) is 0 Å². The van der Waals surface area contributed by atoms with E-state index in [9.17, 15) is 14.4 Å². The van der Waals surface area contributed by atoms with Gasteiger partial charge in [-0.15, -0.1) is 0 Å². The molecule has 0 atom stereocenters. The van der Waals surface area contributed by atoms with Crippen molar-refractivity contribution in [3.05, 3.63) is 63.5 Å². The number of carboxylic acid groups (broad SMARTS) is 1. The molecule has 0 aliphatic carbocycles. The quantitative estimate of drug-likeness (QED) is 0.598. The van der Waals surface area contributed by atoms with Gasteiger partial charge in [-0.1, -0.05) is 29.8 Å². The highest BCUT2D eigenvalue weighted by Crippen LogP contribution is 2.35. The van der Waals surface area contributed by atoms with Crippen molar-refractivity contribution >= 4 is 46.6 Å². The lowest BCUT2D eigenvalue weighted by Gasteiger charge is -2.12. The van der Waals surface area contributed by atoms with E-state index in [1.165, 1.54) is 4.90 Å². The number of thioether (sulfide) groups is 1. The van der Waals surface area contributed by atoms with Gasteiger partial charge in [0.1, 0.15) is 0 Å². The van der Waals surface area contributed by atoms with Crippen molar-refractivity contribution in [1.82, 2.24) is 4.90 Å². The Kier molecular flexibility index (Phi) is 7.02. The minimum atomic E-state index is -1.10. The van der Waals surface area contributed by atoms with Crippen LogP contribution in [0.3, 0.4) is 0 Å². The number of carbonyl (C=O) groups is 3. The molecule has 2 aromatic rings. The fraction of sp³-hybridized carbons (Fsp3) is 0.190. The normalized spacial score (nSPS) is 15.0. The van der Waals surface area contributed by atoms with Crippen LogP contribution < -0.4 is 9.47 Å². The Hall–Kier alpha value is -2.97. The van der Waals surface area contributed by atoms with Crippen molar-refractivity contribution in [3.8, 4) is 11.5 Å². The number of rotatable bonds is 8. The molecule has 0 spiro atoms. The lowest BCUT2D eigenvalue weighted by molar-refractivity contribution is -0.139.